The number of benzene rings is 1. The van der Waals surface area contributed by atoms with Crippen LogP contribution in [0.3, 0.4) is 0 Å². The monoisotopic (exact) mass is 537 g/mol. The molecule has 2 N–H and O–H groups in total. The number of rotatable bonds is 7. The van der Waals surface area contributed by atoms with Gasteiger partial charge in [0.05, 0.1) is 17.5 Å². The van der Waals surface area contributed by atoms with Crippen LogP contribution in [0, 0.1) is 5.92 Å². The number of piperazine rings is 1. The highest BCUT2D eigenvalue weighted by Gasteiger charge is 2.52. The van der Waals surface area contributed by atoms with Crippen molar-refractivity contribution in [3.8, 4) is 0 Å². The normalized spacial score (nSPS) is 22.1. The fourth-order valence-corrected chi connectivity index (χ4v) is 6.44. The third kappa shape index (κ3) is 5.33. The number of anilines is 1. The van der Waals surface area contributed by atoms with Crippen molar-refractivity contribution in [3.05, 3.63) is 52.2 Å². The lowest BCUT2D eigenvalue weighted by Gasteiger charge is -2.30. The number of nitrogens with one attached hydrogen (secondary N) is 2. The second-order valence-electron chi connectivity index (χ2n) is 10.6. The largest absolute Gasteiger partial charge is 0.369 e. The smallest absolute Gasteiger partial charge is 0.264 e. The summed E-state index contributed by atoms with van der Waals surface area (Å²) in [4.78, 5) is 59.0. The summed E-state index contributed by atoms with van der Waals surface area (Å²) in [6.45, 7) is 8.11. The van der Waals surface area contributed by atoms with Crippen LogP contribution >= 0.6 is 11.3 Å². The van der Waals surface area contributed by atoms with E-state index in [0.717, 1.165) is 31.9 Å². The minimum atomic E-state index is -0.746. The lowest BCUT2D eigenvalue weighted by Crippen LogP contribution is -2.53. The van der Waals surface area contributed by atoms with Gasteiger partial charge in [0.1, 0.15) is 12.1 Å². The van der Waals surface area contributed by atoms with E-state index in [2.05, 4.69) is 15.5 Å². The summed E-state index contributed by atoms with van der Waals surface area (Å²) in [5.74, 6) is -0.682. The number of amides is 3. The van der Waals surface area contributed by atoms with Crippen LogP contribution in [0.4, 0.5) is 5.69 Å². The molecule has 1 aromatic heterocycles. The molecule has 4 heterocycles. The Balaban J connectivity index is 1.28. The van der Waals surface area contributed by atoms with E-state index in [1.165, 1.54) is 11.3 Å². The van der Waals surface area contributed by atoms with Gasteiger partial charge in [-0.2, -0.15) is 0 Å². The van der Waals surface area contributed by atoms with Gasteiger partial charge in [-0.05, 0) is 54.5 Å². The highest BCUT2D eigenvalue weighted by atomic mass is 32.1. The van der Waals surface area contributed by atoms with Crippen molar-refractivity contribution in [2.45, 2.75) is 44.8 Å². The van der Waals surface area contributed by atoms with E-state index in [0.29, 0.717) is 29.8 Å². The molecule has 0 saturated carbocycles. The minimum Gasteiger partial charge on any atom is -0.369 e. The summed E-state index contributed by atoms with van der Waals surface area (Å²) in [5.41, 5.74) is 1.57. The Labute approximate surface area is 227 Å². The molecule has 0 aliphatic carbocycles. The second kappa shape index (κ2) is 11.2. The fraction of sp³-hybridized carbons (Fsp3) is 0.500. The summed E-state index contributed by atoms with van der Waals surface area (Å²) in [7, 11) is 0. The van der Waals surface area contributed by atoms with Crippen molar-refractivity contribution >= 4 is 40.5 Å². The summed E-state index contributed by atoms with van der Waals surface area (Å²) in [6, 6.07) is 9.33. The number of hydrogen-bond acceptors (Lipinski definition) is 7. The Morgan fingerprint density at radius 1 is 1.05 bits per heavy atom. The van der Waals surface area contributed by atoms with Gasteiger partial charge in [0.2, 0.25) is 5.91 Å². The zero-order chi connectivity index (χ0) is 26.8. The van der Waals surface area contributed by atoms with Crippen LogP contribution in [0.25, 0.3) is 0 Å². The standard InChI is InChI=1S/C28H35N5O4S/c1-18(2)16-21(30-26(35)19-5-7-20(8-6-19)31-13-10-29-11-14-31)27(36)32-12-9-22-25(32)23(34)17-33(22)28(37)24-4-3-15-38-24/h3-8,15,18,21-22,25,29H,9-14,16-17H2,1-2H3,(H,30,35). The van der Waals surface area contributed by atoms with E-state index in [-0.39, 0.29) is 42.0 Å². The van der Waals surface area contributed by atoms with E-state index in [4.69, 9.17) is 0 Å². The molecule has 3 amide bonds. The van der Waals surface area contributed by atoms with Crippen molar-refractivity contribution in [3.63, 3.8) is 0 Å². The van der Waals surface area contributed by atoms with Crippen LogP contribution in [0.5, 0.6) is 0 Å². The third-order valence-corrected chi connectivity index (χ3v) is 8.48. The summed E-state index contributed by atoms with van der Waals surface area (Å²) in [5, 5.41) is 8.12. The second-order valence-corrected chi connectivity index (χ2v) is 11.6. The van der Waals surface area contributed by atoms with Gasteiger partial charge in [0.15, 0.2) is 5.78 Å². The van der Waals surface area contributed by atoms with Gasteiger partial charge in [0, 0.05) is 44.0 Å². The van der Waals surface area contributed by atoms with E-state index in [1.54, 1.807) is 28.0 Å². The number of Topliss-reactive ketones (excluding diaryl/α,β-unsaturated/α-hetero) is 1. The van der Waals surface area contributed by atoms with Crippen LogP contribution < -0.4 is 15.5 Å². The molecule has 10 heteroatoms. The van der Waals surface area contributed by atoms with Crippen LogP contribution in [0.2, 0.25) is 0 Å². The van der Waals surface area contributed by atoms with E-state index >= 15 is 0 Å². The number of carbonyl (C=O) groups is 4. The van der Waals surface area contributed by atoms with Crippen LogP contribution in [0.1, 0.15) is 46.7 Å². The van der Waals surface area contributed by atoms with Crippen molar-refractivity contribution < 1.29 is 19.2 Å². The first-order valence-electron chi connectivity index (χ1n) is 13.4. The first-order valence-corrected chi connectivity index (χ1v) is 14.3. The highest BCUT2D eigenvalue weighted by molar-refractivity contribution is 7.12. The Bertz CT molecular complexity index is 1180. The molecule has 5 rings (SSSR count). The van der Waals surface area contributed by atoms with Crippen molar-refractivity contribution in [2.24, 2.45) is 5.92 Å². The van der Waals surface area contributed by atoms with Gasteiger partial charge in [-0.3, -0.25) is 19.2 Å². The molecule has 202 valence electrons. The molecule has 0 radical (unpaired) electrons. The molecule has 3 fully saturated rings. The lowest BCUT2D eigenvalue weighted by molar-refractivity contribution is -0.138. The van der Waals surface area contributed by atoms with Gasteiger partial charge in [0.25, 0.3) is 11.8 Å². The number of fused-ring (bicyclic) bond motifs is 1. The molecule has 3 unspecified atom stereocenters. The van der Waals surface area contributed by atoms with Crippen LogP contribution in [-0.2, 0) is 9.59 Å². The number of likely N-dealkylation sites (tertiary alicyclic amines) is 2. The quantitative estimate of drug-likeness (QED) is 0.560. The Hall–Kier alpha value is -3.24. The lowest BCUT2D eigenvalue weighted by atomic mass is 10.0. The van der Waals surface area contributed by atoms with Crippen molar-refractivity contribution in [2.75, 3.05) is 44.2 Å². The maximum atomic E-state index is 13.7. The molecule has 0 spiro atoms. The zero-order valence-electron chi connectivity index (χ0n) is 21.9. The van der Waals surface area contributed by atoms with Gasteiger partial charge in [-0.15, -0.1) is 11.3 Å². The molecular formula is C28H35N5O4S. The molecule has 3 atom stereocenters. The molecule has 3 aliphatic heterocycles. The Kier molecular flexibility index (Phi) is 7.80. The number of carbonyl (C=O) groups excluding carboxylic acids is 4. The maximum Gasteiger partial charge on any atom is 0.264 e. The van der Waals surface area contributed by atoms with Crippen LogP contribution in [0.15, 0.2) is 41.8 Å². The Morgan fingerprint density at radius 2 is 1.79 bits per heavy atom. The summed E-state index contributed by atoms with van der Waals surface area (Å²) < 4.78 is 0. The summed E-state index contributed by atoms with van der Waals surface area (Å²) in [6.07, 6.45) is 1.01. The average molecular weight is 538 g/mol. The predicted octanol–water partition coefficient (Wildman–Crippen LogP) is 2.00. The van der Waals surface area contributed by atoms with Crippen molar-refractivity contribution in [1.29, 1.82) is 0 Å². The number of thiophene rings is 1. The average Bonchev–Trinajstić information content (AvgIpc) is 3.67. The summed E-state index contributed by atoms with van der Waals surface area (Å²) >= 11 is 1.35. The molecule has 2 aromatic rings. The molecular weight excluding hydrogens is 502 g/mol. The number of nitrogens with zero attached hydrogens (tertiary/aromatic N) is 3. The highest BCUT2D eigenvalue weighted by Crippen LogP contribution is 2.32. The topological polar surface area (TPSA) is 102 Å². The van der Waals surface area contributed by atoms with Gasteiger partial charge in [-0.25, -0.2) is 0 Å². The molecule has 0 bridgehead atoms. The first kappa shape index (κ1) is 26.4. The maximum absolute atomic E-state index is 13.7. The van der Waals surface area contributed by atoms with Gasteiger partial charge < -0.3 is 25.3 Å². The van der Waals surface area contributed by atoms with E-state index in [1.807, 2.05) is 37.4 Å². The van der Waals surface area contributed by atoms with Crippen molar-refractivity contribution in [1.82, 2.24) is 20.4 Å². The SMILES string of the molecule is CC(C)CC(NC(=O)c1ccc(N2CCNCC2)cc1)C(=O)N1CCC2C1C(=O)CN2C(=O)c1cccs1. The molecule has 38 heavy (non-hydrogen) atoms. The Morgan fingerprint density at radius 3 is 2.45 bits per heavy atom. The van der Waals surface area contributed by atoms with E-state index in [9.17, 15) is 19.2 Å². The molecule has 9 nitrogen and oxygen atoms in total. The molecule has 3 saturated heterocycles. The predicted molar refractivity (Wildman–Crippen MR) is 147 cm³/mol. The number of ketones is 1. The van der Waals surface area contributed by atoms with Crippen LogP contribution in [-0.4, -0.2) is 90.7 Å². The zero-order valence-corrected chi connectivity index (χ0v) is 22.7. The van der Waals surface area contributed by atoms with E-state index < -0.39 is 12.1 Å². The number of hydrogen-bond donors (Lipinski definition) is 2. The minimum absolute atomic E-state index is 0.0104. The first-order chi connectivity index (χ1) is 18.3. The fourth-order valence-electron chi connectivity index (χ4n) is 5.76. The van der Waals surface area contributed by atoms with Gasteiger partial charge >= 0.3 is 0 Å². The van der Waals surface area contributed by atoms with Gasteiger partial charge in [-0.1, -0.05) is 19.9 Å². The molecule has 3 aliphatic rings. The molecule has 1 aromatic carbocycles. The third-order valence-electron chi connectivity index (χ3n) is 7.62.